The summed E-state index contributed by atoms with van der Waals surface area (Å²) in [4.78, 5) is 15.2. The number of ether oxygens (including phenoxy) is 1. The second-order valence-electron chi connectivity index (χ2n) is 3.84. The molecule has 0 aromatic carbocycles. The van der Waals surface area contributed by atoms with E-state index in [4.69, 9.17) is 10.5 Å². The van der Waals surface area contributed by atoms with Crippen molar-refractivity contribution in [3.05, 3.63) is 34.7 Å². The van der Waals surface area contributed by atoms with Crippen molar-refractivity contribution >= 4 is 5.82 Å². The summed E-state index contributed by atoms with van der Waals surface area (Å²) in [6.07, 6.45) is 2.76. The third-order valence-electron chi connectivity index (χ3n) is 2.69. The van der Waals surface area contributed by atoms with Crippen LogP contribution in [0.3, 0.4) is 0 Å². The fourth-order valence-electron chi connectivity index (χ4n) is 1.91. The van der Waals surface area contributed by atoms with Crippen LogP contribution in [0.2, 0.25) is 0 Å². The second kappa shape index (κ2) is 4.67. The molecule has 0 amide bonds. The number of halogens is 1. The highest BCUT2D eigenvalue weighted by molar-refractivity contribution is 5.24. The van der Waals surface area contributed by atoms with Crippen LogP contribution in [0.4, 0.5) is 10.2 Å². The van der Waals surface area contributed by atoms with Gasteiger partial charge in [0, 0.05) is 19.2 Å². The third-order valence-corrected chi connectivity index (χ3v) is 2.69. The first-order chi connectivity index (χ1) is 8.11. The molecule has 0 spiro atoms. The van der Waals surface area contributed by atoms with E-state index in [0.717, 1.165) is 0 Å². The molecule has 0 bridgehead atoms. The lowest BCUT2D eigenvalue weighted by Crippen LogP contribution is -2.26. The van der Waals surface area contributed by atoms with Crippen molar-refractivity contribution in [1.82, 2.24) is 9.55 Å². The van der Waals surface area contributed by atoms with Crippen LogP contribution in [-0.2, 0) is 4.74 Å². The molecule has 1 aliphatic carbocycles. The van der Waals surface area contributed by atoms with Gasteiger partial charge in [0.15, 0.2) is 0 Å². The minimum atomic E-state index is -0.561. The van der Waals surface area contributed by atoms with Crippen LogP contribution in [0.5, 0.6) is 0 Å². The van der Waals surface area contributed by atoms with Crippen LogP contribution in [0, 0.1) is 0 Å². The number of hydrogen-bond donors (Lipinski definition) is 1. The average molecular weight is 239 g/mol. The summed E-state index contributed by atoms with van der Waals surface area (Å²) in [6, 6.07) is 1.16. The molecule has 2 rings (SSSR count). The summed E-state index contributed by atoms with van der Waals surface area (Å²) in [6.45, 7) is 2.24. The number of nitrogen functional groups attached to an aromatic ring is 1. The maximum Gasteiger partial charge on any atom is 0.350 e. The van der Waals surface area contributed by atoms with Gasteiger partial charge in [-0.3, -0.25) is 4.57 Å². The smallest absolute Gasteiger partial charge is 0.350 e. The summed E-state index contributed by atoms with van der Waals surface area (Å²) < 4.78 is 20.1. The Bertz CT molecular complexity index is 498. The SMILES string of the molecule is CCOC1CC(n2ccc(N)nc2=O)C=C1F. The lowest BCUT2D eigenvalue weighted by Gasteiger charge is -2.14. The number of aromatic nitrogens is 2. The lowest BCUT2D eigenvalue weighted by atomic mass is 10.2. The largest absolute Gasteiger partial charge is 0.383 e. The first kappa shape index (κ1) is 11.8. The molecular formula is C11H14FN3O2. The average Bonchev–Trinajstić information content (AvgIpc) is 2.60. The molecule has 5 nitrogen and oxygen atoms in total. The zero-order chi connectivity index (χ0) is 12.4. The first-order valence-electron chi connectivity index (χ1n) is 5.45. The molecule has 0 aliphatic heterocycles. The second-order valence-corrected chi connectivity index (χ2v) is 3.84. The molecule has 0 saturated carbocycles. The highest BCUT2D eigenvalue weighted by atomic mass is 19.1. The number of anilines is 1. The van der Waals surface area contributed by atoms with Crippen LogP contribution in [-0.4, -0.2) is 22.3 Å². The topological polar surface area (TPSA) is 70.1 Å². The Kier molecular flexibility index (Phi) is 3.23. The lowest BCUT2D eigenvalue weighted by molar-refractivity contribution is 0.0697. The Hall–Kier alpha value is -1.69. The van der Waals surface area contributed by atoms with Gasteiger partial charge in [-0.2, -0.15) is 4.98 Å². The maximum absolute atomic E-state index is 13.5. The van der Waals surface area contributed by atoms with Gasteiger partial charge in [-0.1, -0.05) is 0 Å². The number of hydrogen-bond acceptors (Lipinski definition) is 4. The van der Waals surface area contributed by atoms with E-state index in [-0.39, 0.29) is 17.7 Å². The molecule has 1 aromatic heterocycles. The van der Waals surface area contributed by atoms with E-state index in [1.165, 1.54) is 22.9 Å². The molecule has 0 saturated heterocycles. The van der Waals surface area contributed by atoms with E-state index < -0.39 is 11.8 Å². The van der Waals surface area contributed by atoms with E-state index in [1.54, 1.807) is 6.92 Å². The monoisotopic (exact) mass is 239 g/mol. The van der Waals surface area contributed by atoms with E-state index in [0.29, 0.717) is 13.0 Å². The molecule has 6 heteroatoms. The Balaban J connectivity index is 2.23. The fourth-order valence-corrected chi connectivity index (χ4v) is 1.91. The van der Waals surface area contributed by atoms with Crippen molar-refractivity contribution in [2.75, 3.05) is 12.3 Å². The van der Waals surface area contributed by atoms with E-state index >= 15 is 0 Å². The number of nitrogens with zero attached hydrogens (tertiary/aromatic N) is 2. The van der Waals surface area contributed by atoms with Gasteiger partial charge in [0.1, 0.15) is 17.7 Å². The molecule has 2 N–H and O–H groups in total. The minimum absolute atomic E-state index is 0.162. The molecule has 2 unspecified atom stereocenters. The molecule has 2 atom stereocenters. The molecular weight excluding hydrogens is 225 g/mol. The van der Waals surface area contributed by atoms with Crippen molar-refractivity contribution in [2.24, 2.45) is 0 Å². The van der Waals surface area contributed by atoms with Gasteiger partial charge < -0.3 is 10.5 Å². The van der Waals surface area contributed by atoms with Gasteiger partial charge >= 0.3 is 5.69 Å². The predicted molar refractivity (Wildman–Crippen MR) is 61.2 cm³/mol. The van der Waals surface area contributed by atoms with Gasteiger partial charge in [-0.15, -0.1) is 0 Å². The number of nitrogens with two attached hydrogens (primary N) is 1. The van der Waals surface area contributed by atoms with Crippen molar-refractivity contribution in [2.45, 2.75) is 25.5 Å². The van der Waals surface area contributed by atoms with Gasteiger partial charge in [-0.25, -0.2) is 9.18 Å². The van der Waals surface area contributed by atoms with E-state index in [1.807, 2.05) is 0 Å². The normalized spacial score (nSPS) is 23.8. The quantitative estimate of drug-likeness (QED) is 0.855. The Morgan fingerprint density at radius 1 is 1.71 bits per heavy atom. The van der Waals surface area contributed by atoms with E-state index in [2.05, 4.69) is 4.98 Å². The van der Waals surface area contributed by atoms with Crippen LogP contribution in [0.1, 0.15) is 19.4 Å². The van der Waals surface area contributed by atoms with Crippen LogP contribution < -0.4 is 11.4 Å². The Morgan fingerprint density at radius 2 is 2.47 bits per heavy atom. The standard InChI is InChI=1S/C11H14FN3O2/c1-2-17-9-6-7(5-8(9)12)15-4-3-10(13)14-11(15)16/h3-5,7,9H,2,6H2,1H3,(H2,13,14,16). The summed E-state index contributed by atoms with van der Waals surface area (Å²) in [7, 11) is 0. The van der Waals surface area contributed by atoms with Crippen molar-refractivity contribution in [1.29, 1.82) is 0 Å². The summed E-state index contributed by atoms with van der Waals surface area (Å²) >= 11 is 0. The van der Waals surface area contributed by atoms with Crippen molar-refractivity contribution < 1.29 is 9.13 Å². The fraction of sp³-hybridized carbons (Fsp3) is 0.455. The molecule has 0 fully saturated rings. The highest BCUT2D eigenvalue weighted by Gasteiger charge is 2.28. The zero-order valence-electron chi connectivity index (χ0n) is 9.47. The van der Waals surface area contributed by atoms with Gasteiger partial charge in [0.05, 0.1) is 6.04 Å². The molecule has 1 aromatic rings. The van der Waals surface area contributed by atoms with Gasteiger partial charge in [0.25, 0.3) is 0 Å². The Labute approximate surface area is 97.7 Å². The molecule has 17 heavy (non-hydrogen) atoms. The van der Waals surface area contributed by atoms with Crippen LogP contribution in [0.25, 0.3) is 0 Å². The van der Waals surface area contributed by atoms with Crippen molar-refractivity contribution in [3.8, 4) is 0 Å². The summed E-state index contributed by atoms with van der Waals surface area (Å²) in [5.74, 6) is -0.171. The first-order valence-corrected chi connectivity index (χ1v) is 5.45. The maximum atomic E-state index is 13.5. The predicted octanol–water partition coefficient (Wildman–Crippen LogP) is 1.03. The van der Waals surface area contributed by atoms with E-state index in [9.17, 15) is 9.18 Å². The molecule has 92 valence electrons. The molecule has 1 heterocycles. The Morgan fingerprint density at radius 3 is 3.12 bits per heavy atom. The van der Waals surface area contributed by atoms with Crippen LogP contribution >= 0.6 is 0 Å². The molecule has 0 radical (unpaired) electrons. The highest BCUT2D eigenvalue weighted by Crippen LogP contribution is 2.30. The number of allylic oxidation sites excluding steroid dienone is 1. The van der Waals surface area contributed by atoms with Gasteiger partial charge in [0.2, 0.25) is 0 Å². The van der Waals surface area contributed by atoms with Crippen molar-refractivity contribution in [3.63, 3.8) is 0 Å². The summed E-state index contributed by atoms with van der Waals surface area (Å²) in [5.41, 5.74) is 4.91. The summed E-state index contributed by atoms with van der Waals surface area (Å²) in [5, 5.41) is 0. The van der Waals surface area contributed by atoms with Gasteiger partial charge in [-0.05, 0) is 19.1 Å². The van der Waals surface area contributed by atoms with Crippen LogP contribution in [0.15, 0.2) is 29.0 Å². The third kappa shape index (κ3) is 2.36. The minimum Gasteiger partial charge on any atom is -0.383 e. The zero-order valence-corrected chi connectivity index (χ0v) is 9.47. The molecule has 1 aliphatic rings. The number of rotatable bonds is 3.